The molecule has 5 heteroatoms. The van der Waals surface area contributed by atoms with Crippen LogP contribution in [0.1, 0.15) is 19.3 Å². The number of halogens is 1. The highest BCUT2D eigenvalue weighted by atomic mass is 35.5. The van der Waals surface area contributed by atoms with Crippen molar-refractivity contribution in [3.8, 4) is 0 Å². The minimum Gasteiger partial charge on any atom is -0.391 e. The van der Waals surface area contributed by atoms with Gasteiger partial charge in [-0.05, 0) is 50.7 Å². The summed E-state index contributed by atoms with van der Waals surface area (Å²) in [7, 11) is 6.00. The third-order valence-corrected chi connectivity index (χ3v) is 4.94. The molecule has 0 radical (unpaired) electrons. The number of unbranched alkanes of at least 4 members (excludes halogenated alkanes) is 1. The molecule has 0 saturated heterocycles. The Bertz CT molecular complexity index is 529. The summed E-state index contributed by atoms with van der Waals surface area (Å²) in [5.41, 5.74) is 2.29. The zero-order chi connectivity index (χ0) is 16.7. The monoisotopic (exact) mass is 336 g/mol. The third kappa shape index (κ3) is 4.19. The van der Waals surface area contributed by atoms with E-state index in [1.54, 1.807) is 0 Å². The Kier molecular flexibility index (Phi) is 6.75. The van der Waals surface area contributed by atoms with E-state index in [2.05, 4.69) is 57.2 Å². The largest absolute Gasteiger partial charge is 0.391 e. The topological polar surface area (TPSA) is 41.0 Å². The molecule has 0 fully saturated rings. The lowest BCUT2D eigenvalue weighted by Crippen LogP contribution is -2.56. The van der Waals surface area contributed by atoms with E-state index >= 15 is 0 Å². The maximum absolute atomic E-state index is 5.83. The number of nitrogens with zero attached hydrogens (tertiary/aromatic N) is 1. The predicted molar refractivity (Wildman–Crippen MR) is 98.6 cm³/mol. The average Bonchev–Trinajstić information content (AvgIpc) is 3.09. The van der Waals surface area contributed by atoms with Crippen LogP contribution >= 0.6 is 11.6 Å². The molecule has 1 unspecified atom stereocenters. The van der Waals surface area contributed by atoms with E-state index in [-0.39, 0.29) is 5.66 Å². The van der Waals surface area contributed by atoms with Crippen LogP contribution in [0.15, 0.2) is 47.9 Å². The van der Waals surface area contributed by atoms with Gasteiger partial charge in [0.05, 0.1) is 0 Å². The maximum Gasteiger partial charge on any atom is 0.113 e. The molecule has 0 amide bonds. The Labute approximate surface area is 145 Å². The minimum absolute atomic E-state index is 0.314. The average molecular weight is 337 g/mol. The highest BCUT2D eigenvalue weighted by molar-refractivity contribution is 6.17. The number of aromatic nitrogens is 1. The molecule has 2 rings (SSSR count). The molecule has 1 aliphatic rings. The van der Waals surface area contributed by atoms with Gasteiger partial charge < -0.3 is 9.88 Å². The smallest absolute Gasteiger partial charge is 0.113 e. The molecule has 0 bridgehead atoms. The molecule has 0 spiro atoms. The molecule has 1 aliphatic carbocycles. The number of hydrogen-bond acceptors (Lipinski definition) is 3. The Morgan fingerprint density at radius 2 is 1.83 bits per heavy atom. The van der Waals surface area contributed by atoms with Gasteiger partial charge in [0.15, 0.2) is 0 Å². The number of likely N-dealkylation sites (N-methyl/N-ethyl adjacent to an activating group) is 2. The Morgan fingerprint density at radius 3 is 2.39 bits per heavy atom. The van der Waals surface area contributed by atoms with Crippen LogP contribution in [0, 0.1) is 5.92 Å². The van der Waals surface area contributed by atoms with Gasteiger partial charge in [0.1, 0.15) is 5.66 Å². The fraction of sp³-hybridized carbons (Fsp3) is 0.556. The highest BCUT2D eigenvalue weighted by Crippen LogP contribution is 2.31. The van der Waals surface area contributed by atoms with Crippen LogP contribution in [0.3, 0.4) is 0 Å². The SMILES string of the molecule is CNC1=CC(NC)(NC)C(Cn2cccc2)=CC1CCCCCl. The van der Waals surface area contributed by atoms with E-state index < -0.39 is 0 Å². The number of alkyl halides is 1. The lowest BCUT2D eigenvalue weighted by molar-refractivity contribution is 0.392. The number of allylic oxidation sites excluding steroid dienone is 1. The molecule has 0 saturated carbocycles. The van der Waals surface area contributed by atoms with E-state index in [0.717, 1.165) is 31.7 Å². The van der Waals surface area contributed by atoms with Crippen LogP contribution in [-0.4, -0.2) is 37.3 Å². The van der Waals surface area contributed by atoms with Crippen molar-refractivity contribution in [1.82, 2.24) is 20.5 Å². The van der Waals surface area contributed by atoms with Gasteiger partial charge in [-0.3, -0.25) is 10.6 Å². The summed E-state index contributed by atoms with van der Waals surface area (Å²) in [5.74, 6) is 1.16. The van der Waals surface area contributed by atoms with Gasteiger partial charge in [-0.15, -0.1) is 11.6 Å². The number of rotatable bonds is 9. The van der Waals surface area contributed by atoms with Gasteiger partial charge in [-0.1, -0.05) is 12.5 Å². The van der Waals surface area contributed by atoms with Gasteiger partial charge in [0.2, 0.25) is 0 Å². The highest BCUT2D eigenvalue weighted by Gasteiger charge is 2.34. The van der Waals surface area contributed by atoms with Gasteiger partial charge in [0.25, 0.3) is 0 Å². The predicted octanol–water partition coefficient (Wildman–Crippen LogP) is 2.69. The van der Waals surface area contributed by atoms with Crippen molar-refractivity contribution in [2.75, 3.05) is 27.0 Å². The molecule has 23 heavy (non-hydrogen) atoms. The van der Waals surface area contributed by atoms with Gasteiger partial charge >= 0.3 is 0 Å². The summed E-state index contributed by atoms with van der Waals surface area (Å²) < 4.78 is 2.21. The zero-order valence-electron chi connectivity index (χ0n) is 14.4. The van der Waals surface area contributed by atoms with E-state index in [1.807, 2.05) is 21.1 Å². The van der Waals surface area contributed by atoms with E-state index in [9.17, 15) is 0 Å². The van der Waals surface area contributed by atoms with Gasteiger partial charge in [-0.25, -0.2) is 0 Å². The first kappa shape index (κ1) is 18.1. The molecule has 1 heterocycles. The Hall–Kier alpha value is -1.23. The quantitative estimate of drug-likeness (QED) is 0.281. The first-order valence-corrected chi connectivity index (χ1v) is 8.88. The standard InChI is InChI=1S/C18H29ClN4/c1-20-17-13-18(21-2,22-3)16(14-23-10-6-7-11-23)12-15(17)8-4-5-9-19/h6-7,10-13,15,20-22H,4-5,8-9,14H2,1-3H3. The van der Waals surface area contributed by atoms with Crippen molar-refractivity contribution in [2.24, 2.45) is 5.92 Å². The molecule has 3 N–H and O–H groups in total. The summed E-state index contributed by atoms with van der Waals surface area (Å²) in [6.45, 7) is 0.869. The summed E-state index contributed by atoms with van der Waals surface area (Å²) in [4.78, 5) is 0. The van der Waals surface area contributed by atoms with Crippen molar-refractivity contribution in [3.05, 3.63) is 47.9 Å². The van der Waals surface area contributed by atoms with Crippen molar-refractivity contribution >= 4 is 11.6 Å². The van der Waals surface area contributed by atoms with Crippen LogP contribution in [0.4, 0.5) is 0 Å². The fourth-order valence-electron chi connectivity index (χ4n) is 3.29. The van der Waals surface area contributed by atoms with Crippen molar-refractivity contribution in [3.63, 3.8) is 0 Å². The summed E-state index contributed by atoms with van der Waals surface area (Å²) in [6.07, 6.45) is 12.3. The summed E-state index contributed by atoms with van der Waals surface area (Å²) in [6, 6.07) is 4.13. The van der Waals surface area contributed by atoms with Gasteiger partial charge in [-0.2, -0.15) is 0 Å². The number of hydrogen-bond donors (Lipinski definition) is 3. The minimum atomic E-state index is -0.314. The molecule has 4 nitrogen and oxygen atoms in total. The maximum atomic E-state index is 5.83. The van der Waals surface area contributed by atoms with Crippen LogP contribution < -0.4 is 16.0 Å². The van der Waals surface area contributed by atoms with E-state index in [4.69, 9.17) is 11.6 Å². The molecular weight excluding hydrogens is 308 g/mol. The van der Waals surface area contributed by atoms with Crippen molar-refractivity contribution < 1.29 is 0 Å². The van der Waals surface area contributed by atoms with Crippen LogP contribution in [0.25, 0.3) is 0 Å². The Balaban J connectivity index is 2.27. The van der Waals surface area contributed by atoms with Crippen molar-refractivity contribution in [2.45, 2.75) is 31.5 Å². The second-order valence-electron chi connectivity index (χ2n) is 6.00. The van der Waals surface area contributed by atoms with Crippen LogP contribution in [0.2, 0.25) is 0 Å². The van der Waals surface area contributed by atoms with Crippen LogP contribution in [-0.2, 0) is 6.54 Å². The first-order valence-electron chi connectivity index (χ1n) is 8.35. The van der Waals surface area contributed by atoms with Crippen molar-refractivity contribution in [1.29, 1.82) is 0 Å². The molecule has 128 valence electrons. The summed E-state index contributed by atoms with van der Waals surface area (Å²) >= 11 is 5.83. The second kappa shape index (κ2) is 8.57. The molecule has 1 atom stereocenters. The molecule has 0 aliphatic heterocycles. The normalized spacial score (nSPS) is 20.1. The molecule has 1 aromatic rings. The van der Waals surface area contributed by atoms with Crippen LogP contribution in [0.5, 0.6) is 0 Å². The zero-order valence-corrected chi connectivity index (χ0v) is 15.2. The third-order valence-electron chi connectivity index (χ3n) is 4.68. The Morgan fingerprint density at radius 1 is 1.13 bits per heavy atom. The first-order chi connectivity index (χ1) is 11.2. The van der Waals surface area contributed by atoms with E-state index in [0.29, 0.717) is 5.92 Å². The van der Waals surface area contributed by atoms with E-state index in [1.165, 1.54) is 11.3 Å². The summed E-state index contributed by atoms with van der Waals surface area (Å²) in [5, 5.41) is 10.3. The second-order valence-corrected chi connectivity index (χ2v) is 6.37. The fourth-order valence-corrected chi connectivity index (χ4v) is 3.48. The number of nitrogens with one attached hydrogen (secondary N) is 3. The molecule has 1 aromatic heterocycles. The lowest BCUT2D eigenvalue weighted by Gasteiger charge is -2.39. The lowest BCUT2D eigenvalue weighted by atomic mass is 9.83. The van der Waals surface area contributed by atoms with Gasteiger partial charge in [0, 0.05) is 43.5 Å². The molecule has 0 aromatic carbocycles. The molecular formula is C18H29ClN4.